The standard InChI is InChI=1S/C32H36N6O6/c1-20(2)28-31(40)34-13-15-37-14-12-33-30(37)23-10-11-24(42-4)25(18-23)43-17-16-38(19-26(39)35-28)32(41)27-21(3)44-36-29(27)22-8-6-5-7-9-22/h5-12,14,18,20,28H,13,15-17,19H2,1-4H3,(H,34,40)(H,35,39)/t28-/m1/s1. The molecule has 1 aliphatic rings. The zero-order valence-corrected chi connectivity index (χ0v) is 25.2. The first-order valence-electron chi connectivity index (χ1n) is 14.5. The Morgan fingerprint density at radius 1 is 1.09 bits per heavy atom. The van der Waals surface area contributed by atoms with Crippen LogP contribution in [0.15, 0.2) is 65.4 Å². The van der Waals surface area contributed by atoms with Crippen molar-refractivity contribution in [3.05, 3.63) is 72.2 Å². The van der Waals surface area contributed by atoms with Crippen molar-refractivity contribution in [2.24, 2.45) is 5.92 Å². The lowest BCUT2D eigenvalue weighted by molar-refractivity contribution is -0.130. The Balaban J connectivity index is 1.50. The molecule has 4 aromatic rings. The van der Waals surface area contributed by atoms with Crippen molar-refractivity contribution in [2.45, 2.75) is 33.4 Å². The van der Waals surface area contributed by atoms with E-state index < -0.39 is 17.9 Å². The minimum atomic E-state index is -0.801. The number of benzene rings is 2. The van der Waals surface area contributed by atoms with Crippen molar-refractivity contribution in [1.29, 1.82) is 0 Å². The van der Waals surface area contributed by atoms with Gasteiger partial charge in [0.05, 0.1) is 20.2 Å². The first kappa shape index (κ1) is 30.3. The Morgan fingerprint density at radius 2 is 1.89 bits per heavy atom. The number of carbonyl (C=O) groups is 3. The number of ether oxygens (including phenoxy) is 2. The molecular weight excluding hydrogens is 564 g/mol. The lowest BCUT2D eigenvalue weighted by Crippen LogP contribution is -2.53. The van der Waals surface area contributed by atoms with E-state index in [1.54, 1.807) is 26.3 Å². The lowest BCUT2D eigenvalue weighted by Gasteiger charge is -2.26. The fourth-order valence-electron chi connectivity index (χ4n) is 5.11. The minimum absolute atomic E-state index is 0.0473. The summed E-state index contributed by atoms with van der Waals surface area (Å²) in [6, 6.07) is 13.9. The molecule has 0 aliphatic carbocycles. The summed E-state index contributed by atoms with van der Waals surface area (Å²) in [7, 11) is 1.55. The average molecular weight is 601 g/mol. The summed E-state index contributed by atoms with van der Waals surface area (Å²) in [6.45, 7) is 5.92. The maximum absolute atomic E-state index is 14.1. The fraction of sp³-hybridized carbons (Fsp3) is 0.344. The van der Waals surface area contributed by atoms with Crippen LogP contribution in [0.3, 0.4) is 0 Å². The molecule has 2 N–H and O–H groups in total. The van der Waals surface area contributed by atoms with Crippen LogP contribution in [-0.2, 0) is 16.1 Å². The van der Waals surface area contributed by atoms with Crippen molar-refractivity contribution in [3.8, 4) is 34.1 Å². The van der Waals surface area contributed by atoms with E-state index in [2.05, 4.69) is 20.8 Å². The molecule has 2 aromatic heterocycles. The summed E-state index contributed by atoms with van der Waals surface area (Å²) < 4.78 is 19.0. The number of rotatable bonds is 4. The van der Waals surface area contributed by atoms with Gasteiger partial charge in [0.1, 0.15) is 35.5 Å². The molecule has 2 bridgehead atoms. The second kappa shape index (κ2) is 13.4. The van der Waals surface area contributed by atoms with Crippen molar-refractivity contribution in [3.63, 3.8) is 0 Å². The first-order valence-corrected chi connectivity index (χ1v) is 14.5. The van der Waals surface area contributed by atoms with Crippen LogP contribution in [0.5, 0.6) is 11.5 Å². The summed E-state index contributed by atoms with van der Waals surface area (Å²) in [5.74, 6) is 0.537. The molecule has 1 aliphatic heterocycles. The molecule has 44 heavy (non-hydrogen) atoms. The molecule has 12 nitrogen and oxygen atoms in total. The van der Waals surface area contributed by atoms with Crippen LogP contribution in [0.25, 0.3) is 22.6 Å². The van der Waals surface area contributed by atoms with Gasteiger partial charge in [-0.1, -0.05) is 49.3 Å². The van der Waals surface area contributed by atoms with Gasteiger partial charge in [0.25, 0.3) is 5.91 Å². The number of aromatic nitrogens is 3. The summed E-state index contributed by atoms with van der Waals surface area (Å²) in [5, 5.41) is 9.89. The number of aryl methyl sites for hydroxylation is 1. The highest BCUT2D eigenvalue weighted by Crippen LogP contribution is 2.32. The maximum Gasteiger partial charge on any atom is 0.260 e. The molecule has 230 valence electrons. The minimum Gasteiger partial charge on any atom is -0.493 e. The molecule has 1 atom stereocenters. The van der Waals surface area contributed by atoms with Gasteiger partial charge in [0.15, 0.2) is 11.5 Å². The van der Waals surface area contributed by atoms with Crippen LogP contribution in [0, 0.1) is 12.8 Å². The fourth-order valence-corrected chi connectivity index (χ4v) is 5.11. The Kier molecular flexibility index (Phi) is 9.27. The van der Waals surface area contributed by atoms with Gasteiger partial charge in [-0.2, -0.15) is 0 Å². The van der Waals surface area contributed by atoms with Crippen LogP contribution >= 0.6 is 0 Å². The molecule has 0 unspecified atom stereocenters. The topological polar surface area (TPSA) is 141 Å². The van der Waals surface area contributed by atoms with Crippen molar-refractivity contribution in [2.75, 3.05) is 33.4 Å². The number of nitrogens with zero attached hydrogens (tertiary/aromatic N) is 4. The number of amides is 3. The molecule has 0 spiro atoms. The highest BCUT2D eigenvalue weighted by atomic mass is 16.5. The maximum atomic E-state index is 14.1. The molecular formula is C32H36N6O6. The molecule has 0 saturated heterocycles. The van der Waals surface area contributed by atoms with Crippen molar-refractivity contribution < 1.29 is 28.4 Å². The second-order valence-corrected chi connectivity index (χ2v) is 10.8. The molecule has 3 heterocycles. The van der Waals surface area contributed by atoms with E-state index in [1.807, 2.05) is 67.1 Å². The van der Waals surface area contributed by atoms with E-state index in [0.717, 1.165) is 5.56 Å². The molecule has 0 radical (unpaired) electrons. The number of carbonyl (C=O) groups excluding carboxylic acids is 3. The average Bonchev–Trinajstić information content (AvgIpc) is 3.65. The molecule has 0 fully saturated rings. The number of hydrogen-bond donors (Lipinski definition) is 2. The lowest BCUT2D eigenvalue weighted by atomic mass is 10.0. The molecule has 5 rings (SSSR count). The van der Waals surface area contributed by atoms with Crippen LogP contribution in [0.4, 0.5) is 0 Å². The van der Waals surface area contributed by atoms with Crippen molar-refractivity contribution >= 4 is 17.7 Å². The molecule has 3 amide bonds. The Bertz CT molecular complexity index is 1630. The van der Waals surface area contributed by atoms with Gasteiger partial charge < -0.3 is 34.1 Å². The Morgan fingerprint density at radius 3 is 2.64 bits per heavy atom. The van der Waals surface area contributed by atoms with E-state index in [-0.39, 0.29) is 37.1 Å². The zero-order valence-electron chi connectivity index (χ0n) is 25.2. The Hall–Kier alpha value is -5.13. The Labute approximate surface area is 255 Å². The smallest absolute Gasteiger partial charge is 0.260 e. The third kappa shape index (κ3) is 6.59. The zero-order chi connectivity index (χ0) is 31.2. The van der Waals surface area contributed by atoms with Crippen LogP contribution < -0.4 is 20.1 Å². The monoisotopic (exact) mass is 600 g/mol. The second-order valence-electron chi connectivity index (χ2n) is 10.8. The van der Waals surface area contributed by atoms with Crippen LogP contribution in [-0.4, -0.2) is 76.7 Å². The number of imidazole rings is 1. The van der Waals surface area contributed by atoms with E-state index in [9.17, 15) is 14.4 Å². The van der Waals surface area contributed by atoms with Crippen molar-refractivity contribution in [1.82, 2.24) is 30.2 Å². The summed E-state index contributed by atoms with van der Waals surface area (Å²) in [6.07, 6.45) is 3.53. The largest absolute Gasteiger partial charge is 0.493 e. The quantitative estimate of drug-likeness (QED) is 0.364. The van der Waals surface area contributed by atoms with Gasteiger partial charge in [0.2, 0.25) is 11.8 Å². The third-order valence-electron chi connectivity index (χ3n) is 7.42. The molecule has 12 heteroatoms. The summed E-state index contributed by atoms with van der Waals surface area (Å²) in [5.41, 5.74) is 2.12. The number of methoxy groups -OCH3 is 1. The highest BCUT2D eigenvalue weighted by Gasteiger charge is 2.30. The number of hydrogen-bond acceptors (Lipinski definition) is 8. The summed E-state index contributed by atoms with van der Waals surface area (Å²) >= 11 is 0. The van der Waals surface area contributed by atoms with Gasteiger partial charge >= 0.3 is 0 Å². The first-order chi connectivity index (χ1) is 21.3. The van der Waals surface area contributed by atoms with E-state index in [1.165, 1.54) is 4.90 Å². The predicted molar refractivity (Wildman–Crippen MR) is 162 cm³/mol. The van der Waals surface area contributed by atoms with Gasteiger partial charge in [-0.05, 0) is 31.0 Å². The van der Waals surface area contributed by atoms with Gasteiger partial charge in [-0.25, -0.2) is 4.98 Å². The highest BCUT2D eigenvalue weighted by molar-refractivity contribution is 6.02. The van der Waals surface area contributed by atoms with E-state index >= 15 is 0 Å². The van der Waals surface area contributed by atoms with Gasteiger partial charge in [-0.15, -0.1) is 0 Å². The normalized spacial score (nSPS) is 16.4. The predicted octanol–water partition coefficient (Wildman–Crippen LogP) is 3.31. The van der Waals surface area contributed by atoms with Crippen LogP contribution in [0.1, 0.15) is 30.0 Å². The number of fused-ring (bicyclic) bond motifs is 4. The molecule has 0 saturated carbocycles. The third-order valence-corrected chi connectivity index (χ3v) is 7.42. The summed E-state index contributed by atoms with van der Waals surface area (Å²) in [4.78, 5) is 46.5. The van der Waals surface area contributed by atoms with Crippen LogP contribution in [0.2, 0.25) is 0 Å². The molecule has 2 aromatic carbocycles. The van der Waals surface area contributed by atoms with Gasteiger partial charge in [-0.3, -0.25) is 14.4 Å². The SMILES string of the molecule is COc1ccc2cc1OCCN(C(=O)c1c(-c3ccccc3)noc1C)CC(=O)N[C@H](C(C)C)C(=O)NCCn1ccnc1-2. The number of nitrogens with one attached hydrogen (secondary N) is 2. The van der Waals surface area contributed by atoms with E-state index in [0.29, 0.717) is 47.4 Å². The van der Waals surface area contributed by atoms with Gasteiger partial charge in [0, 0.05) is 36.6 Å². The van der Waals surface area contributed by atoms with E-state index in [4.69, 9.17) is 14.0 Å².